The number of hydrogen-bond acceptors (Lipinski definition) is 7. The number of rotatable bonds is 3. The number of β-amino-alcohol motifs (C(OH)–C–C–N with tert-alkyl or cyclic N) is 1. The largest absolute Gasteiger partial charge is 0.390 e. The summed E-state index contributed by atoms with van der Waals surface area (Å²) in [5.74, 6) is -0.720. The zero-order chi connectivity index (χ0) is 23.1. The van der Waals surface area contributed by atoms with E-state index in [9.17, 15) is 19.6 Å². The summed E-state index contributed by atoms with van der Waals surface area (Å²) < 4.78 is 15.3. The molecule has 5 heterocycles. The molecular formula is C23H24FN7O2. The van der Waals surface area contributed by atoms with Crippen molar-refractivity contribution in [3.05, 3.63) is 53.4 Å². The van der Waals surface area contributed by atoms with Gasteiger partial charge in [0.15, 0.2) is 5.65 Å². The van der Waals surface area contributed by atoms with Crippen LogP contribution in [0.5, 0.6) is 0 Å². The molecule has 0 aromatic carbocycles. The first-order valence-electron chi connectivity index (χ1n) is 11.1. The number of piperidine rings is 1. The van der Waals surface area contributed by atoms with Gasteiger partial charge in [0.05, 0.1) is 29.8 Å². The predicted molar refractivity (Wildman–Crippen MR) is 117 cm³/mol. The van der Waals surface area contributed by atoms with E-state index in [1.807, 2.05) is 24.1 Å². The summed E-state index contributed by atoms with van der Waals surface area (Å²) in [4.78, 5) is 25.3. The summed E-state index contributed by atoms with van der Waals surface area (Å²) in [6.45, 7) is 3.25. The molecule has 10 heteroatoms. The lowest BCUT2D eigenvalue weighted by atomic mass is 9.99. The quantitative estimate of drug-likeness (QED) is 0.611. The van der Waals surface area contributed by atoms with Crippen molar-refractivity contribution in [1.82, 2.24) is 24.5 Å². The van der Waals surface area contributed by atoms with Gasteiger partial charge in [-0.1, -0.05) is 6.07 Å². The summed E-state index contributed by atoms with van der Waals surface area (Å²) in [5, 5.41) is 24.0. The van der Waals surface area contributed by atoms with E-state index in [0.29, 0.717) is 31.1 Å². The van der Waals surface area contributed by atoms with Crippen molar-refractivity contribution in [1.29, 1.82) is 5.26 Å². The maximum Gasteiger partial charge on any atom is 0.273 e. The number of hydrogen-bond donors (Lipinski definition) is 1. The highest BCUT2D eigenvalue weighted by Crippen LogP contribution is 2.33. The van der Waals surface area contributed by atoms with E-state index in [1.54, 1.807) is 9.42 Å². The number of aliphatic hydroxyl groups is 1. The Morgan fingerprint density at radius 2 is 2.12 bits per heavy atom. The fraction of sp³-hybridized carbons (Fsp3) is 0.435. The van der Waals surface area contributed by atoms with Crippen LogP contribution in [0.2, 0.25) is 0 Å². The average Bonchev–Trinajstić information content (AvgIpc) is 3.40. The molecule has 2 fully saturated rings. The van der Waals surface area contributed by atoms with Crippen molar-refractivity contribution in [2.75, 3.05) is 24.5 Å². The van der Waals surface area contributed by atoms with E-state index in [2.05, 4.69) is 11.1 Å². The molecule has 5 rings (SSSR count). The maximum atomic E-state index is 13.6. The SMILES string of the molecule is Cc1cn2nc([C@@H]3CCCCN3C(=O)c3cccc(F)n3)cc2nc1N1C[C@@H](C#N)[C@@H](O)C1. The molecule has 33 heavy (non-hydrogen) atoms. The van der Waals surface area contributed by atoms with E-state index in [1.165, 1.54) is 18.2 Å². The normalized spacial score (nSPS) is 23.2. The Hall–Kier alpha value is -3.58. The monoisotopic (exact) mass is 449 g/mol. The molecule has 2 saturated heterocycles. The highest BCUT2D eigenvalue weighted by molar-refractivity contribution is 5.92. The van der Waals surface area contributed by atoms with E-state index in [4.69, 9.17) is 10.1 Å². The first kappa shape index (κ1) is 21.3. The molecule has 3 atom stereocenters. The van der Waals surface area contributed by atoms with Gasteiger partial charge in [0.1, 0.15) is 11.5 Å². The lowest BCUT2D eigenvalue weighted by Crippen LogP contribution is -2.39. The second-order valence-electron chi connectivity index (χ2n) is 8.68. The third-order valence-electron chi connectivity index (χ3n) is 6.42. The summed E-state index contributed by atoms with van der Waals surface area (Å²) in [6.07, 6.45) is 3.74. The van der Waals surface area contributed by atoms with E-state index < -0.39 is 18.0 Å². The predicted octanol–water partition coefficient (Wildman–Crippen LogP) is 2.26. The fourth-order valence-electron chi connectivity index (χ4n) is 4.75. The molecule has 0 radical (unpaired) electrons. The molecule has 2 aliphatic rings. The number of aromatic nitrogens is 4. The molecular weight excluding hydrogens is 425 g/mol. The van der Waals surface area contributed by atoms with Gasteiger partial charge in [-0.25, -0.2) is 14.5 Å². The molecule has 9 nitrogen and oxygen atoms in total. The van der Waals surface area contributed by atoms with Crippen molar-refractivity contribution in [3.8, 4) is 6.07 Å². The minimum absolute atomic E-state index is 0.0848. The van der Waals surface area contributed by atoms with Crippen LogP contribution in [0.25, 0.3) is 5.65 Å². The summed E-state index contributed by atoms with van der Waals surface area (Å²) in [5.41, 5.74) is 2.31. The Morgan fingerprint density at radius 1 is 1.27 bits per heavy atom. The molecule has 3 aromatic rings. The third kappa shape index (κ3) is 3.89. The van der Waals surface area contributed by atoms with Gasteiger partial charge in [-0.05, 0) is 38.3 Å². The molecule has 0 saturated carbocycles. The molecule has 1 amide bonds. The topological polar surface area (TPSA) is 111 Å². The molecule has 170 valence electrons. The Kier molecular flexibility index (Phi) is 5.42. The zero-order valence-corrected chi connectivity index (χ0v) is 18.2. The van der Waals surface area contributed by atoms with Crippen LogP contribution in [0.15, 0.2) is 30.5 Å². The minimum Gasteiger partial charge on any atom is -0.390 e. The van der Waals surface area contributed by atoms with Crippen LogP contribution < -0.4 is 4.90 Å². The average molecular weight is 449 g/mol. The van der Waals surface area contributed by atoms with Gasteiger partial charge in [-0.15, -0.1) is 0 Å². The van der Waals surface area contributed by atoms with Gasteiger partial charge in [0.25, 0.3) is 5.91 Å². The molecule has 0 unspecified atom stereocenters. The third-order valence-corrected chi connectivity index (χ3v) is 6.42. The number of likely N-dealkylation sites (tertiary alicyclic amines) is 1. The van der Waals surface area contributed by atoms with Crippen molar-refractivity contribution >= 4 is 17.4 Å². The standard InChI is InChI=1S/C23H24FN7O2/c1-14-11-31-21(27-22(14)29-12-15(10-25)19(32)13-29)9-17(28-31)18-6-2-3-8-30(18)23(33)16-5-4-7-20(24)26-16/h4-5,7,9,11,15,18-19,32H,2-3,6,8,12-13H2,1H3/t15-,18+,19+/m1/s1. The number of halogens is 1. The van der Waals surface area contributed by atoms with Crippen molar-refractivity contribution < 1.29 is 14.3 Å². The molecule has 0 bridgehead atoms. The lowest BCUT2D eigenvalue weighted by Gasteiger charge is -2.34. The smallest absolute Gasteiger partial charge is 0.273 e. The molecule has 2 aliphatic heterocycles. The minimum atomic E-state index is -0.703. The Balaban J connectivity index is 1.46. The lowest BCUT2D eigenvalue weighted by molar-refractivity contribution is 0.0598. The van der Waals surface area contributed by atoms with Gasteiger partial charge < -0.3 is 14.9 Å². The van der Waals surface area contributed by atoms with Gasteiger partial charge in [0, 0.05) is 37.5 Å². The van der Waals surface area contributed by atoms with Gasteiger partial charge >= 0.3 is 0 Å². The van der Waals surface area contributed by atoms with Crippen LogP contribution in [0, 0.1) is 30.1 Å². The van der Waals surface area contributed by atoms with Crippen LogP contribution in [0.1, 0.15) is 47.1 Å². The number of aliphatic hydroxyl groups excluding tert-OH is 1. The Bertz CT molecular complexity index is 1250. The van der Waals surface area contributed by atoms with Crippen molar-refractivity contribution in [3.63, 3.8) is 0 Å². The van der Waals surface area contributed by atoms with Crippen LogP contribution in [-0.4, -0.2) is 61.2 Å². The number of anilines is 1. The number of nitrogens with zero attached hydrogens (tertiary/aromatic N) is 7. The number of carbonyl (C=O) groups is 1. The van der Waals surface area contributed by atoms with Crippen LogP contribution in [-0.2, 0) is 0 Å². The van der Waals surface area contributed by atoms with E-state index >= 15 is 0 Å². The summed E-state index contributed by atoms with van der Waals surface area (Å²) >= 11 is 0. The highest BCUT2D eigenvalue weighted by Gasteiger charge is 2.34. The van der Waals surface area contributed by atoms with Gasteiger partial charge in [0.2, 0.25) is 5.95 Å². The number of nitriles is 1. The summed E-state index contributed by atoms with van der Waals surface area (Å²) in [6, 6.07) is 7.99. The number of carbonyl (C=O) groups excluding carboxylic acids is 1. The van der Waals surface area contributed by atoms with Crippen molar-refractivity contribution in [2.24, 2.45) is 5.92 Å². The number of aryl methyl sites for hydroxylation is 1. The van der Waals surface area contributed by atoms with Gasteiger partial charge in [-0.2, -0.15) is 14.8 Å². The molecule has 1 N–H and O–H groups in total. The first-order valence-corrected chi connectivity index (χ1v) is 11.1. The highest BCUT2D eigenvalue weighted by atomic mass is 19.1. The second kappa shape index (κ2) is 8.41. The Labute approximate surface area is 190 Å². The number of fused-ring (bicyclic) bond motifs is 1. The molecule has 0 aliphatic carbocycles. The molecule has 3 aromatic heterocycles. The number of pyridine rings is 1. The van der Waals surface area contributed by atoms with E-state index in [-0.39, 0.29) is 17.6 Å². The Morgan fingerprint density at radius 3 is 2.88 bits per heavy atom. The number of amides is 1. The zero-order valence-electron chi connectivity index (χ0n) is 18.2. The van der Waals surface area contributed by atoms with Crippen LogP contribution >= 0.6 is 0 Å². The molecule has 0 spiro atoms. The van der Waals surface area contributed by atoms with Gasteiger partial charge in [-0.3, -0.25) is 4.79 Å². The van der Waals surface area contributed by atoms with Crippen LogP contribution in [0.3, 0.4) is 0 Å². The summed E-state index contributed by atoms with van der Waals surface area (Å²) in [7, 11) is 0. The maximum absolute atomic E-state index is 13.6. The fourth-order valence-corrected chi connectivity index (χ4v) is 4.75. The first-order chi connectivity index (χ1) is 15.9. The van der Waals surface area contributed by atoms with Crippen molar-refractivity contribution in [2.45, 2.75) is 38.3 Å². The van der Waals surface area contributed by atoms with Crippen LogP contribution in [0.4, 0.5) is 10.2 Å². The van der Waals surface area contributed by atoms with E-state index in [0.717, 1.165) is 30.5 Å². The second-order valence-corrected chi connectivity index (χ2v) is 8.68.